The van der Waals surface area contributed by atoms with Gasteiger partial charge in [-0.3, -0.25) is 4.79 Å². The lowest BCUT2D eigenvalue weighted by molar-refractivity contribution is 0.0870. The number of carbonyl (C=O) groups is 1. The van der Waals surface area contributed by atoms with Crippen molar-refractivity contribution >= 4 is 21.8 Å². The van der Waals surface area contributed by atoms with Crippen molar-refractivity contribution in [3.8, 4) is 0 Å². The zero-order valence-electron chi connectivity index (χ0n) is 8.66. The topological polar surface area (TPSA) is 51.2 Å². The highest BCUT2D eigenvalue weighted by Gasteiger charge is 2.07. The molecule has 0 saturated heterocycles. The van der Waals surface area contributed by atoms with Crippen LogP contribution in [0.5, 0.6) is 0 Å². The van der Waals surface area contributed by atoms with Gasteiger partial charge in [-0.1, -0.05) is 0 Å². The van der Waals surface area contributed by atoms with Crippen molar-refractivity contribution in [2.24, 2.45) is 0 Å². The second kappa shape index (κ2) is 5.82. The van der Waals surface area contributed by atoms with Crippen molar-refractivity contribution < 1.29 is 9.53 Å². The molecule has 1 heterocycles. The Kier molecular flexibility index (Phi) is 4.71. The molecule has 0 bridgehead atoms. The van der Waals surface area contributed by atoms with Gasteiger partial charge in [0.1, 0.15) is 4.60 Å². The number of methoxy groups -OCH3 is 1. The van der Waals surface area contributed by atoms with Gasteiger partial charge in [-0.05, 0) is 35.0 Å². The number of rotatable bonds is 4. The van der Waals surface area contributed by atoms with Crippen LogP contribution in [0, 0.1) is 0 Å². The van der Waals surface area contributed by atoms with Crippen LogP contribution in [0.3, 0.4) is 0 Å². The molecule has 0 fully saturated rings. The minimum absolute atomic E-state index is 0.0114. The van der Waals surface area contributed by atoms with Crippen LogP contribution in [-0.4, -0.2) is 30.6 Å². The fraction of sp³-hybridized carbons (Fsp3) is 0.400. The van der Waals surface area contributed by atoms with Crippen LogP contribution >= 0.6 is 15.9 Å². The van der Waals surface area contributed by atoms with Crippen LogP contribution in [0.25, 0.3) is 0 Å². The fourth-order valence-corrected chi connectivity index (χ4v) is 1.17. The van der Waals surface area contributed by atoms with Crippen molar-refractivity contribution in [1.82, 2.24) is 10.3 Å². The summed E-state index contributed by atoms with van der Waals surface area (Å²) < 4.78 is 5.73. The van der Waals surface area contributed by atoms with Crippen LogP contribution < -0.4 is 5.32 Å². The lowest BCUT2D eigenvalue weighted by Crippen LogP contribution is -2.31. The summed E-state index contributed by atoms with van der Waals surface area (Å²) in [5, 5.41) is 2.75. The molecule has 1 aromatic heterocycles. The van der Waals surface area contributed by atoms with Gasteiger partial charge in [0.15, 0.2) is 0 Å². The number of nitrogens with zero attached hydrogens (tertiary/aromatic N) is 1. The van der Waals surface area contributed by atoms with E-state index in [1.54, 1.807) is 19.2 Å². The maximum Gasteiger partial charge on any atom is 0.252 e. The summed E-state index contributed by atoms with van der Waals surface area (Å²) in [7, 11) is 1.61. The van der Waals surface area contributed by atoms with Crippen LogP contribution in [-0.2, 0) is 4.74 Å². The molecule has 1 amide bonds. The van der Waals surface area contributed by atoms with E-state index in [-0.39, 0.29) is 12.0 Å². The summed E-state index contributed by atoms with van der Waals surface area (Å²) in [4.78, 5) is 15.5. The molecular formula is C10H13BrN2O2. The molecule has 1 N–H and O–H groups in total. The lowest BCUT2D eigenvalue weighted by atomic mass is 10.2. The molecule has 4 nitrogen and oxygen atoms in total. The number of amides is 1. The minimum atomic E-state index is -0.140. The average Bonchev–Trinajstić information content (AvgIpc) is 2.26. The number of aromatic nitrogens is 1. The van der Waals surface area contributed by atoms with E-state index in [2.05, 4.69) is 26.2 Å². The number of nitrogens with one attached hydrogen (secondary N) is 1. The maximum absolute atomic E-state index is 11.6. The summed E-state index contributed by atoms with van der Waals surface area (Å²) >= 11 is 3.21. The first-order chi connectivity index (χ1) is 7.13. The summed E-state index contributed by atoms with van der Waals surface area (Å²) in [5.74, 6) is -0.140. The Labute approximate surface area is 97.2 Å². The standard InChI is InChI=1S/C10H13BrN2O2/c1-7(15-2)5-13-10(14)8-3-4-9(11)12-6-8/h3-4,6-7H,5H2,1-2H3,(H,13,14). The molecule has 1 aromatic rings. The van der Waals surface area contributed by atoms with E-state index < -0.39 is 0 Å². The first kappa shape index (κ1) is 12.1. The van der Waals surface area contributed by atoms with E-state index in [1.807, 2.05) is 6.92 Å². The van der Waals surface area contributed by atoms with E-state index in [1.165, 1.54) is 6.20 Å². The molecule has 15 heavy (non-hydrogen) atoms. The Bertz CT molecular complexity index is 327. The van der Waals surface area contributed by atoms with E-state index in [0.717, 1.165) is 0 Å². The van der Waals surface area contributed by atoms with Gasteiger partial charge in [-0.2, -0.15) is 0 Å². The van der Waals surface area contributed by atoms with Gasteiger partial charge in [-0.15, -0.1) is 0 Å². The third kappa shape index (κ3) is 3.97. The quantitative estimate of drug-likeness (QED) is 0.848. The van der Waals surface area contributed by atoms with Crippen LogP contribution in [0.4, 0.5) is 0 Å². The van der Waals surface area contributed by atoms with Gasteiger partial charge in [0, 0.05) is 19.9 Å². The molecule has 0 saturated carbocycles. The smallest absolute Gasteiger partial charge is 0.252 e. The number of pyridine rings is 1. The van der Waals surface area contributed by atoms with Crippen LogP contribution in [0.2, 0.25) is 0 Å². The van der Waals surface area contributed by atoms with Gasteiger partial charge in [0.25, 0.3) is 5.91 Å². The first-order valence-corrected chi connectivity index (χ1v) is 5.35. The molecule has 1 rings (SSSR count). The van der Waals surface area contributed by atoms with Gasteiger partial charge in [0.05, 0.1) is 11.7 Å². The normalized spacial score (nSPS) is 12.2. The summed E-state index contributed by atoms with van der Waals surface area (Å²) in [6.45, 7) is 2.38. The van der Waals surface area contributed by atoms with Crippen LogP contribution in [0.1, 0.15) is 17.3 Å². The molecule has 5 heteroatoms. The Balaban J connectivity index is 2.50. The highest BCUT2D eigenvalue weighted by atomic mass is 79.9. The number of hydrogen-bond acceptors (Lipinski definition) is 3. The SMILES string of the molecule is COC(C)CNC(=O)c1ccc(Br)nc1. The molecular weight excluding hydrogens is 260 g/mol. The Hall–Kier alpha value is -0.940. The average molecular weight is 273 g/mol. The summed E-state index contributed by atoms with van der Waals surface area (Å²) in [6.07, 6.45) is 1.54. The number of carbonyl (C=O) groups excluding carboxylic acids is 1. The minimum Gasteiger partial charge on any atom is -0.380 e. The van der Waals surface area contributed by atoms with Gasteiger partial charge >= 0.3 is 0 Å². The number of hydrogen-bond donors (Lipinski definition) is 1. The molecule has 82 valence electrons. The molecule has 0 radical (unpaired) electrons. The van der Waals surface area contributed by atoms with Crippen molar-refractivity contribution in [3.05, 3.63) is 28.5 Å². The largest absolute Gasteiger partial charge is 0.380 e. The Morgan fingerprint density at radius 3 is 2.93 bits per heavy atom. The molecule has 0 spiro atoms. The van der Waals surface area contributed by atoms with Crippen molar-refractivity contribution in [2.45, 2.75) is 13.0 Å². The maximum atomic E-state index is 11.6. The first-order valence-electron chi connectivity index (χ1n) is 4.56. The second-order valence-electron chi connectivity index (χ2n) is 3.13. The van der Waals surface area contributed by atoms with Gasteiger partial charge in [0.2, 0.25) is 0 Å². The zero-order chi connectivity index (χ0) is 11.3. The van der Waals surface area contributed by atoms with Crippen molar-refractivity contribution in [3.63, 3.8) is 0 Å². The van der Waals surface area contributed by atoms with Gasteiger partial charge in [-0.25, -0.2) is 4.98 Å². The second-order valence-corrected chi connectivity index (χ2v) is 3.94. The monoisotopic (exact) mass is 272 g/mol. The summed E-state index contributed by atoms with van der Waals surface area (Å²) in [6, 6.07) is 3.44. The van der Waals surface area contributed by atoms with Crippen LogP contribution in [0.15, 0.2) is 22.9 Å². The van der Waals surface area contributed by atoms with Gasteiger partial charge < -0.3 is 10.1 Å². The number of halogens is 1. The molecule has 1 atom stereocenters. The Morgan fingerprint density at radius 1 is 1.67 bits per heavy atom. The van der Waals surface area contributed by atoms with E-state index in [4.69, 9.17) is 4.74 Å². The van der Waals surface area contributed by atoms with E-state index >= 15 is 0 Å². The third-order valence-corrected chi connectivity index (χ3v) is 2.41. The number of ether oxygens (including phenoxy) is 1. The molecule has 0 aromatic carbocycles. The highest BCUT2D eigenvalue weighted by Crippen LogP contribution is 2.06. The fourth-order valence-electron chi connectivity index (χ4n) is 0.932. The zero-order valence-corrected chi connectivity index (χ0v) is 10.2. The molecule has 0 aliphatic carbocycles. The predicted octanol–water partition coefficient (Wildman–Crippen LogP) is 1.61. The van der Waals surface area contributed by atoms with Crippen molar-refractivity contribution in [1.29, 1.82) is 0 Å². The molecule has 0 aliphatic rings. The Morgan fingerprint density at radius 2 is 2.40 bits per heavy atom. The van der Waals surface area contributed by atoms with E-state index in [0.29, 0.717) is 16.7 Å². The third-order valence-electron chi connectivity index (χ3n) is 1.94. The lowest BCUT2D eigenvalue weighted by Gasteiger charge is -2.10. The summed E-state index contributed by atoms with van der Waals surface area (Å²) in [5.41, 5.74) is 0.543. The van der Waals surface area contributed by atoms with E-state index in [9.17, 15) is 4.79 Å². The predicted molar refractivity (Wildman–Crippen MR) is 60.7 cm³/mol. The van der Waals surface area contributed by atoms with Crippen molar-refractivity contribution in [2.75, 3.05) is 13.7 Å². The highest BCUT2D eigenvalue weighted by molar-refractivity contribution is 9.10. The molecule has 0 aliphatic heterocycles. The molecule has 1 unspecified atom stereocenters.